The summed E-state index contributed by atoms with van der Waals surface area (Å²) in [6, 6.07) is 7.24. The van der Waals surface area contributed by atoms with E-state index in [0.717, 1.165) is 9.87 Å². The van der Waals surface area contributed by atoms with E-state index >= 15 is 0 Å². The van der Waals surface area contributed by atoms with Crippen LogP contribution in [0.2, 0.25) is 0 Å². The van der Waals surface area contributed by atoms with Crippen molar-refractivity contribution in [2.45, 2.75) is 17.4 Å². The van der Waals surface area contributed by atoms with Crippen molar-refractivity contribution >= 4 is 21.7 Å². The van der Waals surface area contributed by atoms with Crippen LogP contribution in [0.4, 0.5) is 5.69 Å². The summed E-state index contributed by atoms with van der Waals surface area (Å²) in [6.07, 6.45) is 3.26. The third-order valence-electron chi connectivity index (χ3n) is 3.57. The molecule has 0 radical (unpaired) electrons. The molecule has 3 rings (SSSR count). The number of nitrogens with zero attached hydrogens (tertiary/aromatic N) is 2. The third-order valence-corrected chi connectivity index (χ3v) is 5.38. The molecule has 1 aromatic carbocycles. The monoisotopic (exact) mass is 306 g/mol. The molecule has 0 saturated carbocycles. The maximum atomic E-state index is 12.8. The van der Waals surface area contributed by atoms with Gasteiger partial charge in [-0.2, -0.15) is 0 Å². The van der Waals surface area contributed by atoms with E-state index in [2.05, 4.69) is 0 Å². The second-order valence-corrected chi connectivity index (χ2v) is 6.82. The van der Waals surface area contributed by atoms with Gasteiger partial charge < -0.3 is 9.67 Å². The number of anilines is 1. The highest BCUT2D eigenvalue weighted by Crippen LogP contribution is 2.36. The lowest BCUT2D eigenvalue weighted by molar-refractivity contribution is -0.138. The number of aryl methyl sites for hydroxylation is 1. The summed E-state index contributed by atoms with van der Waals surface area (Å²) in [6.45, 7) is 0. The van der Waals surface area contributed by atoms with Crippen molar-refractivity contribution in [1.82, 2.24) is 4.57 Å². The Morgan fingerprint density at radius 2 is 2.00 bits per heavy atom. The number of carboxylic acids is 1. The van der Waals surface area contributed by atoms with Crippen molar-refractivity contribution in [2.24, 2.45) is 7.05 Å². The second-order valence-electron chi connectivity index (χ2n) is 5.00. The molecule has 0 amide bonds. The average Bonchev–Trinajstić information content (AvgIpc) is 3.02. The smallest absolute Gasteiger partial charge is 0.327 e. The molecule has 1 aliphatic heterocycles. The van der Waals surface area contributed by atoms with Crippen LogP contribution < -0.4 is 4.31 Å². The molecule has 2 heterocycles. The maximum Gasteiger partial charge on any atom is 0.327 e. The number of carbonyl (C=O) groups is 1. The lowest BCUT2D eigenvalue weighted by atomic mass is 10.1. The molecule has 0 aliphatic carbocycles. The predicted molar refractivity (Wildman–Crippen MR) is 76.6 cm³/mol. The van der Waals surface area contributed by atoms with E-state index in [4.69, 9.17) is 0 Å². The van der Waals surface area contributed by atoms with Crippen LogP contribution in [-0.2, 0) is 28.3 Å². The molecule has 21 heavy (non-hydrogen) atoms. The van der Waals surface area contributed by atoms with Gasteiger partial charge >= 0.3 is 5.97 Å². The fraction of sp³-hybridized carbons (Fsp3) is 0.214. The van der Waals surface area contributed by atoms with E-state index in [0.29, 0.717) is 5.69 Å². The van der Waals surface area contributed by atoms with Crippen LogP contribution in [0.5, 0.6) is 0 Å². The Morgan fingerprint density at radius 1 is 1.29 bits per heavy atom. The number of aromatic nitrogens is 1. The number of fused-ring (bicyclic) bond motifs is 1. The molecule has 2 aromatic rings. The Kier molecular flexibility index (Phi) is 3.02. The van der Waals surface area contributed by atoms with E-state index in [9.17, 15) is 18.3 Å². The lowest BCUT2D eigenvalue weighted by Crippen LogP contribution is -2.42. The van der Waals surface area contributed by atoms with Gasteiger partial charge in [0.05, 0.1) is 5.69 Å². The highest BCUT2D eigenvalue weighted by molar-refractivity contribution is 7.93. The fourth-order valence-electron chi connectivity index (χ4n) is 2.59. The number of benzene rings is 1. The van der Waals surface area contributed by atoms with Crippen LogP contribution in [0.3, 0.4) is 0 Å². The van der Waals surface area contributed by atoms with Gasteiger partial charge in [0.1, 0.15) is 10.9 Å². The number of hydrogen-bond acceptors (Lipinski definition) is 3. The van der Waals surface area contributed by atoms with Gasteiger partial charge in [0.15, 0.2) is 0 Å². The molecule has 1 atom stereocenters. The summed E-state index contributed by atoms with van der Waals surface area (Å²) in [7, 11) is -2.18. The Labute approximate surface area is 122 Å². The largest absolute Gasteiger partial charge is 0.480 e. The summed E-state index contributed by atoms with van der Waals surface area (Å²) in [5, 5.41) is 9.36. The van der Waals surface area contributed by atoms with Crippen molar-refractivity contribution < 1.29 is 18.3 Å². The van der Waals surface area contributed by atoms with Crippen LogP contribution in [0, 0.1) is 0 Å². The highest BCUT2D eigenvalue weighted by Gasteiger charge is 2.42. The summed E-state index contributed by atoms with van der Waals surface area (Å²) < 4.78 is 28.2. The van der Waals surface area contributed by atoms with E-state index < -0.39 is 22.0 Å². The summed E-state index contributed by atoms with van der Waals surface area (Å²) in [5.74, 6) is -1.15. The first-order chi connectivity index (χ1) is 9.91. The normalized spacial score (nSPS) is 17.8. The zero-order chi connectivity index (χ0) is 15.2. The van der Waals surface area contributed by atoms with Gasteiger partial charge in [-0.15, -0.1) is 0 Å². The molecule has 1 N–H and O–H groups in total. The van der Waals surface area contributed by atoms with Crippen molar-refractivity contribution in [3.63, 3.8) is 0 Å². The number of hydrogen-bond donors (Lipinski definition) is 1. The highest BCUT2D eigenvalue weighted by atomic mass is 32.2. The molecule has 110 valence electrons. The Morgan fingerprint density at radius 3 is 2.62 bits per heavy atom. The molecular weight excluding hydrogens is 292 g/mol. The first kappa shape index (κ1) is 13.7. The first-order valence-corrected chi connectivity index (χ1v) is 7.82. The van der Waals surface area contributed by atoms with Crippen LogP contribution >= 0.6 is 0 Å². The standard InChI is InChI=1S/C14H14N2O4S/c1-15-7-6-11(9-15)21(19,20)16-12-5-3-2-4-10(12)8-13(16)14(17)18/h2-7,9,13H,8H2,1H3,(H,17,18)/t13-/m0/s1. The first-order valence-electron chi connectivity index (χ1n) is 6.38. The molecule has 0 bridgehead atoms. The molecule has 0 fully saturated rings. The summed E-state index contributed by atoms with van der Waals surface area (Å²) >= 11 is 0. The number of sulfonamides is 1. The van der Waals surface area contributed by atoms with Crippen molar-refractivity contribution in [2.75, 3.05) is 4.31 Å². The zero-order valence-corrected chi connectivity index (χ0v) is 12.1. The van der Waals surface area contributed by atoms with E-state index in [1.165, 1.54) is 12.3 Å². The van der Waals surface area contributed by atoms with Gasteiger partial charge in [-0.25, -0.2) is 13.2 Å². The quantitative estimate of drug-likeness (QED) is 0.925. The molecular formula is C14H14N2O4S. The molecule has 0 spiro atoms. The van der Waals surface area contributed by atoms with Crippen molar-refractivity contribution in [3.8, 4) is 0 Å². The predicted octanol–water partition coefficient (Wildman–Crippen LogP) is 1.23. The maximum absolute atomic E-state index is 12.8. The average molecular weight is 306 g/mol. The summed E-state index contributed by atoms with van der Waals surface area (Å²) in [4.78, 5) is 11.5. The van der Waals surface area contributed by atoms with Gasteiger partial charge in [-0.05, 0) is 17.7 Å². The Balaban J connectivity index is 2.16. The third kappa shape index (κ3) is 2.09. The number of aliphatic carboxylic acids is 1. The van der Waals surface area contributed by atoms with Crippen LogP contribution in [0.25, 0.3) is 0 Å². The molecule has 1 aliphatic rings. The topological polar surface area (TPSA) is 79.6 Å². The van der Waals surface area contributed by atoms with Gasteiger partial charge in [0, 0.05) is 25.9 Å². The summed E-state index contributed by atoms with van der Waals surface area (Å²) in [5.41, 5.74) is 1.16. The minimum absolute atomic E-state index is 0.0907. The second kappa shape index (κ2) is 4.63. The van der Waals surface area contributed by atoms with Gasteiger partial charge in [0.25, 0.3) is 10.0 Å². The van der Waals surface area contributed by atoms with E-state index in [1.54, 1.807) is 42.1 Å². The number of carboxylic acid groups (broad SMARTS) is 1. The van der Waals surface area contributed by atoms with E-state index in [1.807, 2.05) is 0 Å². The van der Waals surface area contributed by atoms with Crippen LogP contribution in [0.15, 0.2) is 47.6 Å². The number of para-hydroxylation sites is 1. The lowest BCUT2D eigenvalue weighted by Gasteiger charge is -2.23. The minimum atomic E-state index is -3.89. The molecule has 6 nitrogen and oxygen atoms in total. The Bertz CT molecular complexity index is 810. The van der Waals surface area contributed by atoms with Crippen LogP contribution in [-0.4, -0.2) is 30.1 Å². The van der Waals surface area contributed by atoms with Crippen molar-refractivity contribution in [3.05, 3.63) is 48.3 Å². The van der Waals surface area contributed by atoms with E-state index in [-0.39, 0.29) is 11.3 Å². The molecule has 0 saturated heterocycles. The fourth-order valence-corrected chi connectivity index (χ4v) is 4.28. The van der Waals surface area contributed by atoms with Crippen LogP contribution in [0.1, 0.15) is 5.56 Å². The van der Waals surface area contributed by atoms with Crippen molar-refractivity contribution in [1.29, 1.82) is 0 Å². The minimum Gasteiger partial charge on any atom is -0.480 e. The molecule has 0 unspecified atom stereocenters. The Hall–Kier alpha value is -2.28. The molecule has 1 aromatic heterocycles. The zero-order valence-electron chi connectivity index (χ0n) is 11.3. The van der Waals surface area contributed by atoms with Gasteiger partial charge in [-0.3, -0.25) is 4.31 Å². The van der Waals surface area contributed by atoms with Gasteiger partial charge in [-0.1, -0.05) is 18.2 Å². The number of rotatable bonds is 3. The van der Waals surface area contributed by atoms with Gasteiger partial charge in [0.2, 0.25) is 0 Å². The molecule has 7 heteroatoms. The SMILES string of the molecule is Cn1ccc(S(=O)(=O)N2c3ccccc3C[C@H]2C(=O)O)c1.